The number of hydrogen-bond donors (Lipinski definition) is 1. The van der Waals surface area contributed by atoms with Crippen LogP contribution >= 0.6 is 11.6 Å². The lowest BCUT2D eigenvalue weighted by Crippen LogP contribution is -2.34. The van der Waals surface area contributed by atoms with Crippen molar-refractivity contribution >= 4 is 23.4 Å². The van der Waals surface area contributed by atoms with Gasteiger partial charge in [0.2, 0.25) is 5.91 Å². The van der Waals surface area contributed by atoms with Crippen LogP contribution in [-0.4, -0.2) is 23.8 Å². The molecular weight excluding hydrogens is 384 g/mol. The number of halogens is 1. The first-order valence-electron chi connectivity index (χ1n) is 9.43. The van der Waals surface area contributed by atoms with Gasteiger partial charge in [0.25, 0.3) is 5.91 Å². The first-order valence-corrected chi connectivity index (χ1v) is 9.80. The second-order valence-electron chi connectivity index (χ2n) is 6.86. The smallest absolute Gasteiger partial charge is 0.253 e. The fourth-order valence-corrected chi connectivity index (χ4v) is 3.32. The SMILES string of the molecule is CN(Cc1ccccc1)C(=O)CC(NC(=O)c1ccccc1Cl)c1ccccc1. The van der Waals surface area contributed by atoms with Gasteiger partial charge in [-0.15, -0.1) is 0 Å². The maximum atomic E-state index is 12.9. The van der Waals surface area contributed by atoms with E-state index < -0.39 is 6.04 Å². The Bertz CT molecular complexity index is 961. The second kappa shape index (κ2) is 9.89. The lowest BCUT2D eigenvalue weighted by Gasteiger charge is -2.23. The monoisotopic (exact) mass is 406 g/mol. The van der Waals surface area contributed by atoms with Crippen molar-refractivity contribution in [3.63, 3.8) is 0 Å². The summed E-state index contributed by atoms with van der Waals surface area (Å²) in [5.41, 5.74) is 2.31. The van der Waals surface area contributed by atoms with E-state index in [1.807, 2.05) is 60.7 Å². The van der Waals surface area contributed by atoms with E-state index in [1.54, 1.807) is 36.2 Å². The molecule has 0 aromatic heterocycles. The Kier molecular flexibility index (Phi) is 7.04. The minimum Gasteiger partial charge on any atom is -0.345 e. The number of carbonyl (C=O) groups excluding carboxylic acids is 2. The molecule has 0 radical (unpaired) electrons. The molecule has 1 N–H and O–H groups in total. The first-order chi connectivity index (χ1) is 14.0. The molecule has 1 unspecified atom stereocenters. The fourth-order valence-electron chi connectivity index (χ4n) is 3.09. The molecule has 0 saturated heterocycles. The number of nitrogens with zero attached hydrogens (tertiary/aromatic N) is 1. The molecule has 0 heterocycles. The molecule has 3 aromatic rings. The number of amides is 2. The zero-order valence-corrected chi connectivity index (χ0v) is 17.0. The molecule has 4 nitrogen and oxygen atoms in total. The highest BCUT2D eigenvalue weighted by atomic mass is 35.5. The van der Waals surface area contributed by atoms with E-state index >= 15 is 0 Å². The normalized spacial score (nSPS) is 11.5. The van der Waals surface area contributed by atoms with Gasteiger partial charge in [-0.2, -0.15) is 0 Å². The fraction of sp³-hybridized carbons (Fsp3) is 0.167. The maximum Gasteiger partial charge on any atom is 0.253 e. The predicted octanol–water partition coefficient (Wildman–Crippen LogP) is 4.86. The third kappa shape index (κ3) is 5.69. The molecule has 3 aromatic carbocycles. The van der Waals surface area contributed by atoms with Crippen LogP contribution in [-0.2, 0) is 11.3 Å². The number of benzene rings is 3. The van der Waals surface area contributed by atoms with Gasteiger partial charge in [0.15, 0.2) is 0 Å². The van der Waals surface area contributed by atoms with Crippen molar-refractivity contribution in [2.75, 3.05) is 7.05 Å². The summed E-state index contributed by atoms with van der Waals surface area (Å²) in [6, 6.07) is 25.7. The molecule has 3 rings (SSSR count). The highest BCUT2D eigenvalue weighted by Crippen LogP contribution is 2.21. The molecule has 1 atom stereocenters. The molecule has 0 saturated carbocycles. The molecule has 29 heavy (non-hydrogen) atoms. The van der Waals surface area contributed by atoms with Gasteiger partial charge in [0.1, 0.15) is 0 Å². The van der Waals surface area contributed by atoms with E-state index in [1.165, 1.54) is 0 Å². The molecule has 148 valence electrons. The highest BCUT2D eigenvalue weighted by molar-refractivity contribution is 6.33. The van der Waals surface area contributed by atoms with E-state index in [4.69, 9.17) is 11.6 Å². The molecule has 2 amide bonds. The minimum atomic E-state index is -0.453. The van der Waals surface area contributed by atoms with Gasteiger partial charge in [-0.05, 0) is 23.3 Å². The Hall–Kier alpha value is -3.11. The van der Waals surface area contributed by atoms with Crippen molar-refractivity contribution < 1.29 is 9.59 Å². The predicted molar refractivity (Wildman–Crippen MR) is 116 cm³/mol. The van der Waals surface area contributed by atoms with Crippen molar-refractivity contribution in [3.8, 4) is 0 Å². The van der Waals surface area contributed by atoms with Gasteiger partial charge in [0, 0.05) is 13.6 Å². The number of nitrogens with one attached hydrogen (secondary N) is 1. The summed E-state index contributed by atoms with van der Waals surface area (Å²) in [7, 11) is 1.77. The largest absolute Gasteiger partial charge is 0.345 e. The van der Waals surface area contributed by atoms with Crippen LogP contribution in [0, 0.1) is 0 Å². The summed E-state index contributed by atoms with van der Waals surface area (Å²) < 4.78 is 0. The van der Waals surface area contributed by atoms with E-state index in [-0.39, 0.29) is 18.2 Å². The average Bonchev–Trinajstić information content (AvgIpc) is 2.74. The lowest BCUT2D eigenvalue weighted by molar-refractivity contribution is -0.130. The highest BCUT2D eigenvalue weighted by Gasteiger charge is 2.22. The number of hydrogen-bond acceptors (Lipinski definition) is 2. The van der Waals surface area contributed by atoms with Crippen LogP contribution in [0.1, 0.15) is 33.9 Å². The third-order valence-electron chi connectivity index (χ3n) is 4.69. The summed E-state index contributed by atoms with van der Waals surface area (Å²) in [5, 5.41) is 3.35. The first kappa shape index (κ1) is 20.6. The molecule has 0 spiro atoms. The summed E-state index contributed by atoms with van der Waals surface area (Å²) in [4.78, 5) is 27.3. The molecule has 0 aliphatic carbocycles. The maximum absolute atomic E-state index is 12.9. The Morgan fingerprint density at radius 3 is 2.14 bits per heavy atom. The van der Waals surface area contributed by atoms with E-state index in [2.05, 4.69) is 5.32 Å². The van der Waals surface area contributed by atoms with E-state index in [9.17, 15) is 9.59 Å². The topological polar surface area (TPSA) is 49.4 Å². The van der Waals surface area contributed by atoms with Crippen molar-refractivity contribution in [1.82, 2.24) is 10.2 Å². The van der Waals surface area contributed by atoms with Gasteiger partial charge >= 0.3 is 0 Å². The van der Waals surface area contributed by atoms with Crippen LogP contribution in [0.25, 0.3) is 0 Å². The summed E-state index contributed by atoms with van der Waals surface area (Å²) >= 11 is 6.16. The van der Waals surface area contributed by atoms with Crippen LogP contribution in [0.3, 0.4) is 0 Å². The van der Waals surface area contributed by atoms with Gasteiger partial charge in [0.05, 0.1) is 23.0 Å². The van der Waals surface area contributed by atoms with E-state index in [0.717, 1.165) is 11.1 Å². The van der Waals surface area contributed by atoms with Gasteiger partial charge in [-0.25, -0.2) is 0 Å². The molecule has 0 aliphatic rings. The molecule has 5 heteroatoms. The number of rotatable bonds is 7. The van der Waals surface area contributed by atoms with Gasteiger partial charge in [-0.3, -0.25) is 9.59 Å². The van der Waals surface area contributed by atoms with Crippen LogP contribution in [0.15, 0.2) is 84.9 Å². The zero-order chi connectivity index (χ0) is 20.6. The van der Waals surface area contributed by atoms with Crippen molar-refractivity contribution in [2.24, 2.45) is 0 Å². The average molecular weight is 407 g/mol. The second-order valence-corrected chi connectivity index (χ2v) is 7.26. The third-order valence-corrected chi connectivity index (χ3v) is 5.02. The Morgan fingerprint density at radius 2 is 1.48 bits per heavy atom. The molecule has 0 aliphatic heterocycles. The van der Waals surface area contributed by atoms with Crippen molar-refractivity contribution in [3.05, 3.63) is 107 Å². The van der Waals surface area contributed by atoms with Crippen LogP contribution in [0.5, 0.6) is 0 Å². The van der Waals surface area contributed by atoms with Crippen molar-refractivity contribution in [1.29, 1.82) is 0 Å². The summed E-state index contributed by atoms with van der Waals surface area (Å²) in [5.74, 6) is -0.356. The molecular formula is C24H23ClN2O2. The zero-order valence-electron chi connectivity index (χ0n) is 16.2. The van der Waals surface area contributed by atoms with E-state index in [0.29, 0.717) is 17.1 Å². The van der Waals surface area contributed by atoms with Crippen LogP contribution in [0.4, 0.5) is 0 Å². The Balaban J connectivity index is 1.74. The summed E-state index contributed by atoms with van der Waals surface area (Å²) in [6.07, 6.45) is 0.156. The number of carbonyl (C=O) groups is 2. The quantitative estimate of drug-likeness (QED) is 0.609. The van der Waals surface area contributed by atoms with Gasteiger partial charge < -0.3 is 10.2 Å². The van der Waals surface area contributed by atoms with Crippen LogP contribution < -0.4 is 5.32 Å². The summed E-state index contributed by atoms with van der Waals surface area (Å²) in [6.45, 7) is 0.514. The van der Waals surface area contributed by atoms with Crippen LogP contribution in [0.2, 0.25) is 5.02 Å². The minimum absolute atomic E-state index is 0.0536. The molecule has 0 fully saturated rings. The Labute approximate surface area is 176 Å². The van der Waals surface area contributed by atoms with Gasteiger partial charge in [-0.1, -0.05) is 84.4 Å². The lowest BCUT2D eigenvalue weighted by atomic mass is 10.0. The molecule has 0 bridgehead atoms. The Morgan fingerprint density at radius 1 is 0.897 bits per heavy atom. The standard InChI is InChI=1S/C24H23ClN2O2/c1-27(17-18-10-4-2-5-11-18)23(28)16-22(19-12-6-3-7-13-19)26-24(29)20-14-8-9-15-21(20)25/h2-15,22H,16-17H2,1H3,(H,26,29). The van der Waals surface area contributed by atoms with Crippen molar-refractivity contribution in [2.45, 2.75) is 19.0 Å².